The van der Waals surface area contributed by atoms with Gasteiger partial charge in [-0.2, -0.15) is 0 Å². The monoisotopic (exact) mass is 197 g/mol. The minimum Gasteiger partial charge on any atom is -0.496 e. The molecule has 1 aromatic carbocycles. The molecule has 0 aliphatic rings. The fourth-order valence-electron chi connectivity index (χ4n) is 1.33. The standard InChI is InChI=1S/C10H15NOS/c1-7(11)10-8(12-2)5-4-6-9(10)13-3/h4-7H,11H2,1-3H3/t7-/m0/s1. The molecule has 1 atom stereocenters. The van der Waals surface area contributed by atoms with Gasteiger partial charge in [0.15, 0.2) is 0 Å². The zero-order valence-corrected chi connectivity index (χ0v) is 9.02. The highest BCUT2D eigenvalue weighted by Gasteiger charge is 2.11. The molecule has 0 bridgehead atoms. The first-order valence-corrected chi connectivity index (χ1v) is 5.39. The Balaban J connectivity index is 3.21. The van der Waals surface area contributed by atoms with Gasteiger partial charge >= 0.3 is 0 Å². The summed E-state index contributed by atoms with van der Waals surface area (Å²) in [7, 11) is 1.67. The lowest BCUT2D eigenvalue weighted by molar-refractivity contribution is 0.405. The van der Waals surface area contributed by atoms with E-state index in [2.05, 4.69) is 6.07 Å². The molecule has 0 aliphatic heterocycles. The Kier molecular flexibility index (Phi) is 3.63. The largest absolute Gasteiger partial charge is 0.496 e. The molecule has 0 aromatic heterocycles. The van der Waals surface area contributed by atoms with Crippen molar-refractivity contribution in [2.24, 2.45) is 5.73 Å². The molecule has 0 saturated carbocycles. The molecule has 2 nitrogen and oxygen atoms in total. The summed E-state index contributed by atoms with van der Waals surface area (Å²) in [6.07, 6.45) is 2.04. The lowest BCUT2D eigenvalue weighted by Crippen LogP contribution is -2.08. The third-order valence-corrected chi connectivity index (χ3v) is 2.72. The summed E-state index contributed by atoms with van der Waals surface area (Å²) in [5, 5.41) is 0. The van der Waals surface area contributed by atoms with Crippen LogP contribution >= 0.6 is 11.8 Å². The summed E-state index contributed by atoms with van der Waals surface area (Å²) < 4.78 is 5.26. The fraction of sp³-hybridized carbons (Fsp3) is 0.400. The van der Waals surface area contributed by atoms with Gasteiger partial charge in [-0.15, -0.1) is 11.8 Å². The SMILES string of the molecule is COc1cccc(SC)c1[C@H](C)N. The normalized spacial score (nSPS) is 12.6. The van der Waals surface area contributed by atoms with E-state index >= 15 is 0 Å². The number of ether oxygens (including phenoxy) is 1. The fourth-order valence-corrected chi connectivity index (χ4v) is 2.05. The van der Waals surface area contributed by atoms with Gasteiger partial charge in [-0.25, -0.2) is 0 Å². The Hall–Kier alpha value is -0.670. The summed E-state index contributed by atoms with van der Waals surface area (Å²) in [6, 6.07) is 6.00. The van der Waals surface area contributed by atoms with E-state index in [1.165, 1.54) is 4.90 Å². The zero-order valence-electron chi connectivity index (χ0n) is 8.20. The zero-order chi connectivity index (χ0) is 9.84. The highest BCUT2D eigenvalue weighted by Crippen LogP contribution is 2.32. The molecule has 0 spiro atoms. The van der Waals surface area contributed by atoms with Crippen LogP contribution in [0.3, 0.4) is 0 Å². The van der Waals surface area contributed by atoms with Gasteiger partial charge < -0.3 is 10.5 Å². The molecule has 0 fully saturated rings. The van der Waals surface area contributed by atoms with E-state index in [0.717, 1.165) is 11.3 Å². The number of hydrogen-bond donors (Lipinski definition) is 1. The molecule has 0 heterocycles. The Morgan fingerprint density at radius 1 is 1.46 bits per heavy atom. The van der Waals surface area contributed by atoms with Gasteiger partial charge in [0.2, 0.25) is 0 Å². The number of benzene rings is 1. The molecule has 0 saturated heterocycles. The predicted molar refractivity (Wildman–Crippen MR) is 57.4 cm³/mol. The Labute approximate surface area is 83.5 Å². The molecule has 72 valence electrons. The summed E-state index contributed by atoms with van der Waals surface area (Å²) in [5.74, 6) is 0.877. The second-order valence-electron chi connectivity index (χ2n) is 2.86. The van der Waals surface area contributed by atoms with Gasteiger partial charge in [0.1, 0.15) is 5.75 Å². The van der Waals surface area contributed by atoms with Crippen molar-refractivity contribution in [1.82, 2.24) is 0 Å². The predicted octanol–water partition coefficient (Wildman–Crippen LogP) is 2.44. The van der Waals surface area contributed by atoms with Crippen molar-refractivity contribution in [3.05, 3.63) is 23.8 Å². The summed E-state index contributed by atoms with van der Waals surface area (Å²) in [6.45, 7) is 1.97. The number of methoxy groups -OCH3 is 1. The Morgan fingerprint density at radius 3 is 2.62 bits per heavy atom. The molecule has 0 amide bonds. The molecule has 13 heavy (non-hydrogen) atoms. The van der Waals surface area contributed by atoms with E-state index in [1.807, 2.05) is 25.3 Å². The quantitative estimate of drug-likeness (QED) is 0.756. The summed E-state index contributed by atoms with van der Waals surface area (Å²) in [5.41, 5.74) is 6.97. The molecular formula is C10H15NOS. The molecule has 2 N–H and O–H groups in total. The van der Waals surface area contributed by atoms with Crippen LogP contribution in [0.2, 0.25) is 0 Å². The van der Waals surface area contributed by atoms with E-state index in [-0.39, 0.29) is 6.04 Å². The highest BCUT2D eigenvalue weighted by molar-refractivity contribution is 7.98. The molecule has 1 rings (SSSR count). The van der Waals surface area contributed by atoms with Crippen LogP contribution in [-0.4, -0.2) is 13.4 Å². The molecule has 0 unspecified atom stereocenters. The second kappa shape index (κ2) is 4.53. The van der Waals surface area contributed by atoms with Gasteiger partial charge in [-0.1, -0.05) is 6.07 Å². The average molecular weight is 197 g/mol. The van der Waals surface area contributed by atoms with Gasteiger partial charge in [0.05, 0.1) is 7.11 Å². The first-order chi connectivity index (χ1) is 6.20. The van der Waals surface area contributed by atoms with Crippen LogP contribution < -0.4 is 10.5 Å². The van der Waals surface area contributed by atoms with Gasteiger partial charge in [0.25, 0.3) is 0 Å². The smallest absolute Gasteiger partial charge is 0.124 e. The molecule has 1 aromatic rings. The van der Waals surface area contributed by atoms with Crippen LogP contribution in [0.15, 0.2) is 23.1 Å². The maximum atomic E-state index is 5.87. The van der Waals surface area contributed by atoms with Crippen LogP contribution in [0, 0.1) is 0 Å². The van der Waals surface area contributed by atoms with Crippen molar-refractivity contribution < 1.29 is 4.74 Å². The average Bonchev–Trinajstić information content (AvgIpc) is 2.16. The van der Waals surface area contributed by atoms with Crippen LogP contribution in [0.5, 0.6) is 5.75 Å². The van der Waals surface area contributed by atoms with Crippen LogP contribution in [0.1, 0.15) is 18.5 Å². The Morgan fingerprint density at radius 2 is 2.15 bits per heavy atom. The maximum Gasteiger partial charge on any atom is 0.124 e. The summed E-state index contributed by atoms with van der Waals surface area (Å²) in [4.78, 5) is 1.19. The lowest BCUT2D eigenvalue weighted by atomic mass is 10.1. The van der Waals surface area contributed by atoms with Crippen LogP contribution in [0.25, 0.3) is 0 Å². The summed E-state index contributed by atoms with van der Waals surface area (Å²) >= 11 is 1.69. The third-order valence-electron chi connectivity index (χ3n) is 1.92. The Bertz CT molecular complexity index is 264. The highest BCUT2D eigenvalue weighted by atomic mass is 32.2. The van der Waals surface area contributed by atoms with Crippen molar-refractivity contribution in [2.75, 3.05) is 13.4 Å². The van der Waals surface area contributed by atoms with Crippen molar-refractivity contribution in [3.8, 4) is 5.75 Å². The number of hydrogen-bond acceptors (Lipinski definition) is 3. The topological polar surface area (TPSA) is 35.2 Å². The first kappa shape index (κ1) is 10.4. The van der Waals surface area contributed by atoms with Gasteiger partial charge in [0, 0.05) is 16.5 Å². The van der Waals surface area contributed by atoms with Crippen molar-refractivity contribution in [1.29, 1.82) is 0 Å². The number of nitrogens with two attached hydrogens (primary N) is 1. The molecule has 0 aliphatic carbocycles. The van der Waals surface area contributed by atoms with Crippen LogP contribution in [0.4, 0.5) is 0 Å². The van der Waals surface area contributed by atoms with E-state index in [0.29, 0.717) is 0 Å². The third kappa shape index (κ3) is 2.17. The molecule has 0 radical (unpaired) electrons. The van der Waals surface area contributed by atoms with Crippen LogP contribution in [-0.2, 0) is 0 Å². The first-order valence-electron chi connectivity index (χ1n) is 4.17. The van der Waals surface area contributed by atoms with Crippen molar-refractivity contribution >= 4 is 11.8 Å². The lowest BCUT2D eigenvalue weighted by Gasteiger charge is -2.14. The molecule has 3 heteroatoms. The second-order valence-corrected chi connectivity index (χ2v) is 3.71. The van der Waals surface area contributed by atoms with Gasteiger partial charge in [-0.3, -0.25) is 0 Å². The molecular weight excluding hydrogens is 182 g/mol. The number of rotatable bonds is 3. The minimum atomic E-state index is 0.0126. The number of thioether (sulfide) groups is 1. The van der Waals surface area contributed by atoms with Gasteiger partial charge in [-0.05, 0) is 25.3 Å². The van der Waals surface area contributed by atoms with E-state index in [1.54, 1.807) is 18.9 Å². The van der Waals surface area contributed by atoms with E-state index < -0.39 is 0 Å². The maximum absolute atomic E-state index is 5.87. The van der Waals surface area contributed by atoms with Crippen molar-refractivity contribution in [3.63, 3.8) is 0 Å². The minimum absolute atomic E-state index is 0.0126. The van der Waals surface area contributed by atoms with Crippen molar-refractivity contribution in [2.45, 2.75) is 17.9 Å². The van der Waals surface area contributed by atoms with E-state index in [9.17, 15) is 0 Å². The van der Waals surface area contributed by atoms with E-state index in [4.69, 9.17) is 10.5 Å².